The molecule has 0 saturated carbocycles. The number of nitrogens with one attached hydrogen (secondary N) is 1. The van der Waals surface area contributed by atoms with Crippen molar-refractivity contribution >= 4 is 5.91 Å². The van der Waals surface area contributed by atoms with Crippen LogP contribution in [0.2, 0.25) is 0 Å². The fraction of sp³-hybridized carbons (Fsp3) is 0.182. The highest BCUT2D eigenvalue weighted by molar-refractivity contribution is 5.93. The van der Waals surface area contributed by atoms with Crippen molar-refractivity contribution < 1.29 is 4.79 Å². The fourth-order valence-electron chi connectivity index (χ4n) is 3.02. The zero-order valence-corrected chi connectivity index (χ0v) is 14.8. The van der Waals surface area contributed by atoms with E-state index in [-0.39, 0.29) is 17.4 Å². The van der Waals surface area contributed by atoms with Gasteiger partial charge < -0.3 is 9.88 Å². The number of rotatable bonds is 6. The number of carbonyl (C=O) groups excluding carboxylic acids is 1. The molecule has 1 N–H and O–H groups in total. The van der Waals surface area contributed by atoms with Crippen molar-refractivity contribution in [2.45, 2.75) is 12.3 Å². The van der Waals surface area contributed by atoms with Gasteiger partial charge >= 0.3 is 0 Å². The highest BCUT2D eigenvalue weighted by Gasteiger charge is 2.14. The second kappa shape index (κ2) is 8.30. The minimum absolute atomic E-state index is 0.191. The molecule has 0 radical (unpaired) electrons. The molecular formula is C22H22N2O2. The fourth-order valence-corrected chi connectivity index (χ4v) is 3.02. The van der Waals surface area contributed by atoms with E-state index in [1.54, 1.807) is 19.3 Å². The van der Waals surface area contributed by atoms with Gasteiger partial charge in [-0.15, -0.1) is 0 Å². The molecule has 2 aromatic carbocycles. The van der Waals surface area contributed by atoms with Crippen LogP contribution in [-0.2, 0) is 7.05 Å². The van der Waals surface area contributed by atoms with E-state index in [4.69, 9.17) is 0 Å². The van der Waals surface area contributed by atoms with Crippen molar-refractivity contribution in [2.24, 2.45) is 7.05 Å². The van der Waals surface area contributed by atoms with Gasteiger partial charge in [-0.2, -0.15) is 0 Å². The largest absolute Gasteiger partial charge is 0.352 e. The maximum absolute atomic E-state index is 12.3. The average Bonchev–Trinajstić information content (AvgIpc) is 2.68. The molecule has 3 aromatic rings. The Balaban J connectivity index is 1.69. The number of carbonyl (C=O) groups is 1. The summed E-state index contributed by atoms with van der Waals surface area (Å²) in [5.74, 6) is -0.0103. The Morgan fingerprint density at radius 2 is 1.54 bits per heavy atom. The molecule has 0 fully saturated rings. The molecule has 132 valence electrons. The number of amides is 1. The van der Waals surface area contributed by atoms with Gasteiger partial charge in [0.25, 0.3) is 11.5 Å². The number of pyridine rings is 1. The van der Waals surface area contributed by atoms with Crippen LogP contribution in [0.15, 0.2) is 83.8 Å². The summed E-state index contributed by atoms with van der Waals surface area (Å²) >= 11 is 0. The summed E-state index contributed by atoms with van der Waals surface area (Å²) in [4.78, 5) is 24.0. The average molecular weight is 346 g/mol. The molecule has 3 rings (SSSR count). The minimum Gasteiger partial charge on any atom is -0.352 e. The first-order valence-corrected chi connectivity index (χ1v) is 8.70. The molecule has 4 nitrogen and oxygen atoms in total. The highest BCUT2D eigenvalue weighted by atomic mass is 16.2. The summed E-state index contributed by atoms with van der Waals surface area (Å²) in [5, 5.41) is 2.93. The van der Waals surface area contributed by atoms with E-state index >= 15 is 0 Å². The van der Waals surface area contributed by atoms with E-state index in [9.17, 15) is 9.59 Å². The van der Waals surface area contributed by atoms with Crippen molar-refractivity contribution in [3.63, 3.8) is 0 Å². The van der Waals surface area contributed by atoms with E-state index in [1.165, 1.54) is 21.8 Å². The zero-order chi connectivity index (χ0) is 18.4. The smallest absolute Gasteiger partial charge is 0.251 e. The molecular weight excluding hydrogens is 324 g/mol. The second-order valence-electron chi connectivity index (χ2n) is 6.28. The molecule has 0 saturated heterocycles. The molecule has 0 bridgehead atoms. The number of benzene rings is 2. The predicted molar refractivity (Wildman–Crippen MR) is 103 cm³/mol. The normalized spacial score (nSPS) is 10.7. The van der Waals surface area contributed by atoms with Crippen LogP contribution in [-0.4, -0.2) is 17.0 Å². The molecule has 0 aliphatic rings. The minimum atomic E-state index is -0.220. The number of hydrogen-bond donors (Lipinski definition) is 1. The third-order valence-corrected chi connectivity index (χ3v) is 4.49. The summed E-state index contributed by atoms with van der Waals surface area (Å²) in [6.45, 7) is 0.530. The lowest BCUT2D eigenvalue weighted by molar-refractivity contribution is 0.0952. The van der Waals surface area contributed by atoms with E-state index in [0.717, 1.165) is 6.42 Å². The van der Waals surface area contributed by atoms with Gasteiger partial charge in [-0.3, -0.25) is 9.59 Å². The van der Waals surface area contributed by atoms with Crippen LogP contribution in [0.3, 0.4) is 0 Å². The van der Waals surface area contributed by atoms with Crippen LogP contribution >= 0.6 is 0 Å². The lowest BCUT2D eigenvalue weighted by Gasteiger charge is -2.18. The first-order chi connectivity index (χ1) is 12.6. The third kappa shape index (κ3) is 4.28. The summed E-state index contributed by atoms with van der Waals surface area (Å²) in [6, 6.07) is 23.6. The Labute approximate surface area is 153 Å². The lowest BCUT2D eigenvalue weighted by Crippen LogP contribution is -2.27. The highest BCUT2D eigenvalue weighted by Crippen LogP contribution is 2.27. The van der Waals surface area contributed by atoms with Gasteiger partial charge in [0.2, 0.25) is 0 Å². The first kappa shape index (κ1) is 17.7. The molecule has 0 aliphatic heterocycles. The summed E-state index contributed by atoms with van der Waals surface area (Å²) in [7, 11) is 1.66. The van der Waals surface area contributed by atoms with Gasteiger partial charge in [0.15, 0.2) is 0 Å². The number of aryl methyl sites for hydroxylation is 1. The number of nitrogens with zero attached hydrogens (tertiary/aromatic N) is 1. The molecule has 1 heterocycles. The Bertz CT molecular complexity index is 878. The molecule has 1 amide bonds. The molecule has 0 aliphatic carbocycles. The van der Waals surface area contributed by atoms with Crippen LogP contribution in [0.5, 0.6) is 0 Å². The Hall–Kier alpha value is -3.14. The third-order valence-electron chi connectivity index (χ3n) is 4.49. The summed E-state index contributed by atoms with van der Waals surface area (Å²) in [6.07, 6.45) is 2.39. The molecule has 4 heteroatoms. The van der Waals surface area contributed by atoms with Gasteiger partial charge in [0.1, 0.15) is 0 Å². The van der Waals surface area contributed by atoms with Crippen LogP contribution in [0.4, 0.5) is 0 Å². The van der Waals surface area contributed by atoms with E-state index < -0.39 is 0 Å². The van der Waals surface area contributed by atoms with Gasteiger partial charge in [0.05, 0.1) is 0 Å². The van der Waals surface area contributed by atoms with Crippen molar-refractivity contribution in [1.29, 1.82) is 0 Å². The van der Waals surface area contributed by atoms with Crippen molar-refractivity contribution in [1.82, 2.24) is 9.88 Å². The second-order valence-corrected chi connectivity index (χ2v) is 6.28. The molecule has 0 spiro atoms. The van der Waals surface area contributed by atoms with Crippen LogP contribution in [0, 0.1) is 0 Å². The maximum atomic E-state index is 12.3. The Morgan fingerprint density at radius 1 is 0.962 bits per heavy atom. The van der Waals surface area contributed by atoms with Crippen molar-refractivity contribution in [3.8, 4) is 0 Å². The van der Waals surface area contributed by atoms with E-state index in [2.05, 4.69) is 29.6 Å². The van der Waals surface area contributed by atoms with Gasteiger partial charge in [-0.25, -0.2) is 0 Å². The van der Waals surface area contributed by atoms with Crippen molar-refractivity contribution in [2.75, 3.05) is 6.54 Å². The summed E-state index contributed by atoms with van der Waals surface area (Å²) in [5.41, 5.74) is 2.65. The maximum Gasteiger partial charge on any atom is 0.251 e. The van der Waals surface area contributed by atoms with E-state index in [0.29, 0.717) is 12.1 Å². The Kier molecular flexibility index (Phi) is 5.64. The molecule has 0 unspecified atom stereocenters. The van der Waals surface area contributed by atoms with Crippen LogP contribution in [0.1, 0.15) is 33.8 Å². The molecule has 26 heavy (non-hydrogen) atoms. The standard InChI is InChI=1S/C22H22N2O2/c1-24-15-13-19(16-21(24)25)22(26)23-14-12-20(17-8-4-2-5-9-17)18-10-6-3-7-11-18/h2-11,13,15-16,20H,12,14H2,1H3,(H,23,26). The van der Waals surface area contributed by atoms with E-state index in [1.807, 2.05) is 36.4 Å². The van der Waals surface area contributed by atoms with Gasteiger partial charge in [-0.05, 0) is 23.6 Å². The zero-order valence-electron chi connectivity index (χ0n) is 14.8. The molecule has 1 aromatic heterocycles. The number of hydrogen-bond acceptors (Lipinski definition) is 2. The first-order valence-electron chi connectivity index (χ1n) is 8.70. The topological polar surface area (TPSA) is 51.1 Å². The monoisotopic (exact) mass is 346 g/mol. The Morgan fingerprint density at radius 3 is 2.08 bits per heavy atom. The quantitative estimate of drug-likeness (QED) is 0.744. The molecule has 0 atom stereocenters. The van der Waals surface area contributed by atoms with Gasteiger partial charge in [-0.1, -0.05) is 60.7 Å². The lowest BCUT2D eigenvalue weighted by atomic mass is 9.88. The van der Waals surface area contributed by atoms with Crippen molar-refractivity contribution in [3.05, 3.63) is 106 Å². The van der Waals surface area contributed by atoms with Crippen LogP contribution in [0.25, 0.3) is 0 Å². The SMILES string of the molecule is Cn1ccc(C(=O)NCCC(c2ccccc2)c2ccccc2)cc1=O. The van der Waals surface area contributed by atoms with Crippen LogP contribution < -0.4 is 10.9 Å². The summed E-state index contributed by atoms with van der Waals surface area (Å²) < 4.78 is 1.44. The number of aromatic nitrogens is 1. The predicted octanol–water partition coefficient (Wildman–Crippen LogP) is 3.34. The van der Waals surface area contributed by atoms with Gasteiger partial charge in [0, 0.05) is 37.3 Å².